The first-order valence-electron chi connectivity index (χ1n) is 0.408. The van der Waals surface area contributed by atoms with E-state index < -0.39 is 9.29 Å². The molecule has 0 saturated heterocycles. The Kier molecular flexibility index (Phi) is 175. The molecule has 0 aliphatic carbocycles. The van der Waals surface area contributed by atoms with Gasteiger partial charge in [0.15, 0.2) is 0 Å². The standard InChI is InChI=1S/Ca.O2Si.H2O.O/c;1-3-2;;/h;;1H2;/q+2;;;-2. The van der Waals surface area contributed by atoms with Crippen molar-refractivity contribution in [3.63, 3.8) is 0 Å². The fourth-order valence-electron chi connectivity index (χ4n) is 0. The van der Waals surface area contributed by atoms with E-state index in [1.54, 1.807) is 0 Å². The Bertz CT molecular complexity index is 28.5. The number of hydrogen-bond acceptors (Lipinski definition) is 2. The topological polar surface area (TPSA) is 94.1 Å². The van der Waals surface area contributed by atoms with E-state index in [0.29, 0.717) is 0 Å². The monoisotopic (exact) mass is 134 g/mol. The smallest absolute Gasteiger partial charge is 2.00 e. The van der Waals surface area contributed by atoms with E-state index in [9.17, 15) is 0 Å². The maximum Gasteiger partial charge on any atom is 2.00 e. The molecule has 0 aromatic carbocycles. The minimum Gasteiger partial charge on any atom is -2.00 e. The Hall–Kier alpha value is 0.997. The Morgan fingerprint density at radius 1 is 1.17 bits per heavy atom. The van der Waals surface area contributed by atoms with E-state index in [-0.39, 0.29) is 48.7 Å². The van der Waals surface area contributed by atoms with Crippen LogP contribution < -0.4 is 0 Å². The van der Waals surface area contributed by atoms with Gasteiger partial charge in [-0.25, -0.2) is 0 Å². The Morgan fingerprint density at radius 3 is 1.17 bits per heavy atom. The quantitative estimate of drug-likeness (QED) is 0.360. The second kappa shape index (κ2) is 37.6. The van der Waals surface area contributed by atoms with Crippen molar-refractivity contribution >= 4 is 47.0 Å². The SMILES string of the molecule is O.O=[Si]=O.[Ca+2].[O-2]. The molecule has 0 aromatic rings. The van der Waals surface area contributed by atoms with Crippen molar-refractivity contribution in [2.75, 3.05) is 0 Å². The van der Waals surface area contributed by atoms with Gasteiger partial charge in [0, 0.05) is 0 Å². The predicted molar refractivity (Wildman–Crippen MR) is 17.2 cm³/mol. The fourth-order valence-corrected chi connectivity index (χ4v) is 0. The Labute approximate surface area is 66.5 Å². The van der Waals surface area contributed by atoms with Crippen LogP contribution in [0.2, 0.25) is 0 Å². The first-order valence-corrected chi connectivity index (χ1v) is 1.22. The molecule has 0 saturated carbocycles. The van der Waals surface area contributed by atoms with Crippen molar-refractivity contribution < 1.29 is 19.9 Å². The first-order chi connectivity index (χ1) is 1.41. The summed E-state index contributed by atoms with van der Waals surface area (Å²) >= 11 is 0. The molecule has 0 aliphatic heterocycles. The van der Waals surface area contributed by atoms with E-state index in [2.05, 4.69) is 0 Å². The zero-order valence-electron chi connectivity index (χ0n) is 2.93. The molecule has 0 bridgehead atoms. The van der Waals surface area contributed by atoms with Gasteiger partial charge in [0.25, 0.3) is 0 Å². The van der Waals surface area contributed by atoms with Crippen molar-refractivity contribution in [1.82, 2.24) is 0 Å². The second-order valence-electron chi connectivity index (χ2n) is 0.0833. The van der Waals surface area contributed by atoms with E-state index in [0.717, 1.165) is 0 Å². The summed E-state index contributed by atoms with van der Waals surface area (Å²) in [4.78, 5) is 0. The molecule has 6 heavy (non-hydrogen) atoms. The van der Waals surface area contributed by atoms with Crippen LogP contribution in [0.4, 0.5) is 0 Å². The third-order valence-corrected chi connectivity index (χ3v) is 0. The molecule has 0 fully saturated rings. The van der Waals surface area contributed by atoms with Gasteiger partial charge in [0.2, 0.25) is 0 Å². The molecule has 0 rings (SSSR count). The minimum atomic E-state index is -1.42. The van der Waals surface area contributed by atoms with Crippen LogP contribution in [0.25, 0.3) is 0 Å². The van der Waals surface area contributed by atoms with Crippen LogP contribution in [0, 0.1) is 0 Å². The normalized spacial score (nSPS) is 1.33. The summed E-state index contributed by atoms with van der Waals surface area (Å²) < 4.78 is 16.8. The fraction of sp³-hybridized carbons (Fsp3) is 0. The molecule has 0 aliphatic rings. The molecular weight excluding hydrogens is 132 g/mol. The average Bonchev–Trinajstić information content (AvgIpc) is 0.918. The van der Waals surface area contributed by atoms with Gasteiger partial charge in [-0.3, -0.25) is 8.92 Å². The largest absolute Gasteiger partial charge is 2.00 e. The van der Waals surface area contributed by atoms with Gasteiger partial charge in [-0.2, -0.15) is 0 Å². The van der Waals surface area contributed by atoms with Gasteiger partial charge in [-0.05, 0) is 0 Å². The van der Waals surface area contributed by atoms with E-state index in [1.807, 2.05) is 0 Å². The van der Waals surface area contributed by atoms with Crippen LogP contribution >= 0.6 is 0 Å². The summed E-state index contributed by atoms with van der Waals surface area (Å²) in [5.74, 6) is 0. The number of rotatable bonds is 0. The van der Waals surface area contributed by atoms with E-state index in [1.165, 1.54) is 0 Å². The van der Waals surface area contributed by atoms with Gasteiger partial charge in [-0.1, -0.05) is 0 Å². The van der Waals surface area contributed by atoms with Crippen LogP contribution in [0.5, 0.6) is 0 Å². The van der Waals surface area contributed by atoms with Gasteiger partial charge >= 0.3 is 47.0 Å². The summed E-state index contributed by atoms with van der Waals surface area (Å²) in [7, 11) is -1.42. The molecule has 0 aromatic heterocycles. The van der Waals surface area contributed by atoms with Gasteiger partial charge in [0.1, 0.15) is 0 Å². The first kappa shape index (κ1) is 28.0. The summed E-state index contributed by atoms with van der Waals surface area (Å²) in [5, 5.41) is 0. The van der Waals surface area contributed by atoms with Crippen molar-refractivity contribution in [1.29, 1.82) is 0 Å². The zero-order chi connectivity index (χ0) is 2.71. The molecular formula is H2CaO4Si. The maximum absolute atomic E-state index is 8.40. The molecule has 6 heteroatoms. The summed E-state index contributed by atoms with van der Waals surface area (Å²) in [6.45, 7) is 0. The van der Waals surface area contributed by atoms with Crippen LogP contribution in [-0.2, 0) is 14.4 Å². The molecule has 2 N–H and O–H groups in total. The summed E-state index contributed by atoms with van der Waals surface area (Å²) in [6, 6.07) is 0. The molecule has 0 unspecified atom stereocenters. The molecule has 0 spiro atoms. The van der Waals surface area contributed by atoms with E-state index >= 15 is 0 Å². The molecule has 32 valence electrons. The van der Waals surface area contributed by atoms with Crippen molar-refractivity contribution in [3.8, 4) is 0 Å². The number of hydrogen-bond donors (Lipinski definition) is 0. The van der Waals surface area contributed by atoms with Crippen LogP contribution in [0.15, 0.2) is 0 Å². The zero-order valence-corrected chi connectivity index (χ0v) is 6.14. The molecule has 0 amide bonds. The molecule has 0 heterocycles. The van der Waals surface area contributed by atoms with Gasteiger partial charge in [0.05, 0.1) is 0 Å². The molecule has 0 radical (unpaired) electrons. The van der Waals surface area contributed by atoms with E-state index in [4.69, 9.17) is 8.92 Å². The summed E-state index contributed by atoms with van der Waals surface area (Å²) in [5.41, 5.74) is 0. The minimum absolute atomic E-state index is 0. The molecule has 0 atom stereocenters. The molecule has 4 nitrogen and oxygen atoms in total. The third kappa shape index (κ3) is 80.4. The maximum atomic E-state index is 8.40. The Morgan fingerprint density at radius 2 is 1.17 bits per heavy atom. The van der Waals surface area contributed by atoms with Gasteiger partial charge < -0.3 is 11.0 Å². The van der Waals surface area contributed by atoms with Crippen molar-refractivity contribution in [3.05, 3.63) is 0 Å². The van der Waals surface area contributed by atoms with Gasteiger partial charge in [-0.15, -0.1) is 0 Å². The second-order valence-corrected chi connectivity index (χ2v) is 0.250. The predicted octanol–water partition coefficient (Wildman–Crippen LogP) is -1.94. The van der Waals surface area contributed by atoms with Crippen LogP contribution in [-0.4, -0.2) is 52.5 Å². The van der Waals surface area contributed by atoms with Crippen molar-refractivity contribution in [2.24, 2.45) is 0 Å². The van der Waals surface area contributed by atoms with Crippen molar-refractivity contribution in [2.45, 2.75) is 0 Å². The average molecular weight is 134 g/mol. The third-order valence-electron chi connectivity index (χ3n) is 0. The van der Waals surface area contributed by atoms with Crippen LogP contribution in [0.3, 0.4) is 0 Å². The summed E-state index contributed by atoms with van der Waals surface area (Å²) in [6.07, 6.45) is 0. The van der Waals surface area contributed by atoms with Crippen LogP contribution in [0.1, 0.15) is 0 Å². The Balaban J connectivity index is -0.00000000667.